The quantitative estimate of drug-likeness (QED) is 0.872. The van der Waals surface area contributed by atoms with Gasteiger partial charge in [0.15, 0.2) is 11.5 Å². The summed E-state index contributed by atoms with van der Waals surface area (Å²) in [6, 6.07) is 5.24. The first-order valence-electron chi connectivity index (χ1n) is 7.70. The number of aromatic hydroxyl groups is 1. The first-order chi connectivity index (χ1) is 10.2. The van der Waals surface area contributed by atoms with E-state index in [2.05, 4.69) is 26.1 Å². The van der Waals surface area contributed by atoms with E-state index >= 15 is 0 Å². The zero-order valence-corrected chi connectivity index (χ0v) is 14.0. The minimum atomic E-state index is 0.167. The molecule has 0 spiro atoms. The average molecular weight is 355 g/mol. The van der Waals surface area contributed by atoms with Crippen molar-refractivity contribution in [2.45, 2.75) is 44.3 Å². The topological polar surface area (TPSA) is 44.7 Å². The molecule has 1 aromatic rings. The minimum Gasteiger partial charge on any atom is -0.503 e. The summed E-state index contributed by atoms with van der Waals surface area (Å²) < 4.78 is 5.89. The number of nitrogens with one attached hydrogen (secondary N) is 1. The molecular weight excluding hydrogens is 332 g/mol. The predicted molar refractivity (Wildman–Crippen MR) is 86.8 cm³/mol. The maximum absolute atomic E-state index is 9.84. The number of ether oxygens (including phenoxy) is 1. The Morgan fingerprint density at radius 2 is 2.24 bits per heavy atom. The molecule has 5 heteroatoms. The van der Waals surface area contributed by atoms with Gasteiger partial charge in [-0.15, -0.1) is 0 Å². The van der Waals surface area contributed by atoms with Gasteiger partial charge >= 0.3 is 0 Å². The second-order valence-corrected chi connectivity index (χ2v) is 6.92. The fourth-order valence-corrected chi connectivity index (χ4v) is 4.05. The molecular formula is C16H23BrN2O2. The smallest absolute Gasteiger partial charge is 0.172 e. The van der Waals surface area contributed by atoms with E-state index < -0.39 is 0 Å². The largest absolute Gasteiger partial charge is 0.503 e. The fourth-order valence-electron chi connectivity index (χ4n) is 3.56. The lowest BCUT2D eigenvalue weighted by Crippen LogP contribution is -2.45. The zero-order chi connectivity index (χ0) is 14.8. The highest BCUT2D eigenvalue weighted by atomic mass is 79.9. The molecule has 2 unspecified atom stereocenters. The third-order valence-corrected chi connectivity index (χ3v) is 5.33. The number of piperidine rings is 1. The summed E-state index contributed by atoms with van der Waals surface area (Å²) in [4.78, 5) is 2.64. The van der Waals surface area contributed by atoms with Gasteiger partial charge in [0, 0.05) is 18.6 Å². The van der Waals surface area contributed by atoms with Crippen molar-refractivity contribution in [3.05, 3.63) is 22.2 Å². The van der Waals surface area contributed by atoms with Crippen LogP contribution in [0, 0.1) is 0 Å². The Morgan fingerprint density at radius 1 is 1.38 bits per heavy atom. The number of methoxy groups -OCH3 is 1. The summed E-state index contributed by atoms with van der Waals surface area (Å²) in [5.41, 5.74) is 1.13. The number of benzene rings is 1. The van der Waals surface area contributed by atoms with Gasteiger partial charge in [-0.2, -0.15) is 0 Å². The molecule has 116 valence electrons. The number of phenolic OH excluding ortho intramolecular Hbond substituents is 1. The van der Waals surface area contributed by atoms with Gasteiger partial charge < -0.3 is 20.1 Å². The Bertz CT molecular complexity index is 509. The highest BCUT2D eigenvalue weighted by Gasteiger charge is 2.31. The van der Waals surface area contributed by atoms with Crippen molar-refractivity contribution in [1.29, 1.82) is 0 Å². The predicted octanol–water partition coefficient (Wildman–Crippen LogP) is 2.88. The molecule has 0 bridgehead atoms. The monoisotopic (exact) mass is 354 g/mol. The first-order valence-corrected chi connectivity index (χ1v) is 8.49. The van der Waals surface area contributed by atoms with E-state index in [0.29, 0.717) is 16.3 Å². The van der Waals surface area contributed by atoms with E-state index in [-0.39, 0.29) is 5.75 Å². The third kappa shape index (κ3) is 3.35. The Labute approximate surface area is 134 Å². The number of hydrogen-bond acceptors (Lipinski definition) is 4. The molecule has 0 aliphatic carbocycles. The normalized spacial score (nSPS) is 25.8. The van der Waals surface area contributed by atoms with Gasteiger partial charge in [-0.3, -0.25) is 0 Å². The second-order valence-electron chi connectivity index (χ2n) is 6.06. The van der Waals surface area contributed by atoms with Crippen LogP contribution < -0.4 is 10.1 Å². The molecule has 0 aromatic heterocycles. The van der Waals surface area contributed by atoms with Crippen LogP contribution in [0.2, 0.25) is 0 Å². The van der Waals surface area contributed by atoms with Gasteiger partial charge in [0.2, 0.25) is 0 Å². The Hall–Kier alpha value is -0.780. The lowest BCUT2D eigenvalue weighted by molar-refractivity contribution is 0.166. The van der Waals surface area contributed by atoms with Crippen LogP contribution in [-0.4, -0.2) is 42.3 Å². The molecule has 0 amide bonds. The first kappa shape index (κ1) is 15.1. The van der Waals surface area contributed by atoms with Gasteiger partial charge in [-0.05, 0) is 72.4 Å². The Morgan fingerprint density at radius 3 is 3.05 bits per heavy atom. The van der Waals surface area contributed by atoms with Gasteiger partial charge in [-0.1, -0.05) is 0 Å². The molecule has 2 saturated heterocycles. The second kappa shape index (κ2) is 6.55. The van der Waals surface area contributed by atoms with Crippen molar-refractivity contribution >= 4 is 15.9 Å². The number of hydrogen-bond donors (Lipinski definition) is 2. The summed E-state index contributed by atoms with van der Waals surface area (Å²) >= 11 is 3.38. The van der Waals surface area contributed by atoms with Gasteiger partial charge in [0.1, 0.15) is 0 Å². The molecule has 0 saturated carbocycles. The van der Waals surface area contributed by atoms with Crippen molar-refractivity contribution in [3.8, 4) is 11.5 Å². The lowest BCUT2D eigenvalue weighted by atomic mass is 9.97. The van der Waals surface area contributed by atoms with E-state index in [0.717, 1.165) is 18.2 Å². The number of nitrogens with zero attached hydrogens (tertiary/aromatic N) is 1. The highest BCUT2D eigenvalue weighted by molar-refractivity contribution is 9.10. The molecule has 2 aliphatic heterocycles. The van der Waals surface area contributed by atoms with E-state index in [1.807, 2.05) is 12.1 Å². The summed E-state index contributed by atoms with van der Waals surface area (Å²) in [5.74, 6) is 0.687. The molecule has 2 fully saturated rings. The number of rotatable bonds is 4. The van der Waals surface area contributed by atoms with Crippen LogP contribution in [0.25, 0.3) is 0 Å². The molecule has 4 nitrogen and oxygen atoms in total. The molecule has 2 aliphatic rings. The minimum absolute atomic E-state index is 0.167. The summed E-state index contributed by atoms with van der Waals surface area (Å²) in [6.07, 6.45) is 5.21. The average Bonchev–Trinajstić information content (AvgIpc) is 2.95. The summed E-state index contributed by atoms with van der Waals surface area (Å²) in [7, 11) is 1.58. The number of phenols is 1. The fraction of sp³-hybridized carbons (Fsp3) is 0.625. The Balaban J connectivity index is 1.59. The molecule has 2 heterocycles. The van der Waals surface area contributed by atoms with Crippen molar-refractivity contribution in [1.82, 2.24) is 10.2 Å². The molecule has 3 rings (SSSR count). The third-order valence-electron chi connectivity index (χ3n) is 4.72. The number of halogens is 1. The van der Waals surface area contributed by atoms with Crippen molar-refractivity contribution in [2.24, 2.45) is 0 Å². The molecule has 1 aromatic carbocycles. The molecule has 2 atom stereocenters. The maximum Gasteiger partial charge on any atom is 0.172 e. The summed E-state index contributed by atoms with van der Waals surface area (Å²) in [6.45, 7) is 3.33. The van der Waals surface area contributed by atoms with Crippen molar-refractivity contribution in [3.63, 3.8) is 0 Å². The highest BCUT2D eigenvalue weighted by Crippen LogP contribution is 2.35. The van der Waals surface area contributed by atoms with Crippen LogP contribution in [0.1, 0.15) is 31.2 Å². The van der Waals surface area contributed by atoms with Gasteiger partial charge in [0.05, 0.1) is 11.6 Å². The van der Waals surface area contributed by atoms with E-state index in [1.165, 1.54) is 38.8 Å². The van der Waals surface area contributed by atoms with Crippen molar-refractivity contribution in [2.75, 3.05) is 20.2 Å². The van der Waals surface area contributed by atoms with Crippen molar-refractivity contribution < 1.29 is 9.84 Å². The van der Waals surface area contributed by atoms with Gasteiger partial charge in [-0.25, -0.2) is 0 Å². The number of fused-ring (bicyclic) bond motifs is 1. The SMILES string of the molecule is COc1cc(CNC2CCN3CCCC3C2)cc(Br)c1O. The van der Waals surface area contributed by atoms with Crippen LogP contribution in [-0.2, 0) is 6.54 Å². The van der Waals surface area contributed by atoms with E-state index in [1.54, 1.807) is 7.11 Å². The summed E-state index contributed by atoms with van der Waals surface area (Å²) in [5, 5.41) is 13.5. The Kier molecular flexibility index (Phi) is 4.72. The van der Waals surface area contributed by atoms with E-state index in [9.17, 15) is 5.11 Å². The van der Waals surface area contributed by atoms with Crippen LogP contribution in [0.5, 0.6) is 11.5 Å². The zero-order valence-electron chi connectivity index (χ0n) is 12.4. The van der Waals surface area contributed by atoms with Crippen LogP contribution >= 0.6 is 15.9 Å². The maximum atomic E-state index is 9.84. The molecule has 21 heavy (non-hydrogen) atoms. The molecule has 0 radical (unpaired) electrons. The van der Waals surface area contributed by atoms with Crippen LogP contribution in [0.4, 0.5) is 0 Å². The lowest BCUT2D eigenvalue weighted by Gasteiger charge is -2.35. The molecule has 2 N–H and O–H groups in total. The van der Waals surface area contributed by atoms with Gasteiger partial charge in [0.25, 0.3) is 0 Å². The van der Waals surface area contributed by atoms with Crippen LogP contribution in [0.15, 0.2) is 16.6 Å². The van der Waals surface area contributed by atoms with Crippen LogP contribution in [0.3, 0.4) is 0 Å². The standard InChI is InChI=1S/C16H23BrN2O2/c1-21-15-8-11(7-14(17)16(15)20)10-18-12-4-6-19-5-2-3-13(19)9-12/h7-8,12-13,18,20H,2-6,9-10H2,1H3. The van der Waals surface area contributed by atoms with E-state index in [4.69, 9.17) is 4.74 Å².